The van der Waals surface area contributed by atoms with Gasteiger partial charge in [-0.1, -0.05) is 24.3 Å². The second kappa shape index (κ2) is 8.43. The van der Waals surface area contributed by atoms with Gasteiger partial charge in [-0.15, -0.1) is 0 Å². The molecule has 0 unspecified atom stereocenters. The Morgan fingerprint density at radius 3 is 2.57 bits per heavy atom. The Kier molecular flexibility index (Phi) is 5.94. The fraction of sp³-hybridized carbons (Fsp3) is 0.158. The third kappa shape index (κ3) is 4.36. The van der Waals surface area contributed by atoms with Crippen molar-refractivity contribution in [2.75, 3.05) is 13.1 Å². The molecule has 0 saturated heterocycles. The van der Waals surface area contributed by atoms with E-state index >= 15 is 0 Å². The van der Waals surface area contributed by atoms with Crippen LogP contribution in [0.3, 0.4) is 0 Å². The molecular weight excluding hydrogens is 412 g/mol. The number of hydrogen-bond donors (Lipinski definition) is 2. The molecule has 0 saturated carbocycles. The van der Waals surface area contributed by atoms with Gasteiger partial charge in [-0.3, -0.25) is 19.7 Å². The smallest absolute Gasteiger partial charge is 0.270 e. The highest BCUT2D eigenvalue weighted by Gasteiger charge is 2.18. The lowest BCUT2D eigenvalue weighted by molar-refractivity contribution is -0.385. The van der Waals surface area contributed by atoms with Crippen LogP contribution in [0.5, 0.6) is 0 Å². The maximum absolute atomic E-state index is 12.5. The molecule has 0 aliphatic rings. The number of nitrogens with one attached hydrogen (secondary N) is 2. The first-order valence-electron chi connectivity index (χ1n) is 8.82. The average molecular weight is 430 g/mol. The van der Waals surface area contributed by atoms with Crippen molar-refractivity contribution in [3.05, 3.63) is 80.6 Å². The van der Waals surface area contributed by atoms with Gasteiger partial charge in [0.2, 0.25) is 10.0 Å². The van der Waals surface area contributed by atoms with E-state index in [-0.39, 0.29) is 34.8 Å². The van der Waals surface area contributed by atoms with Crippen molar-refractivity contribution < 1.29 is 18.1 Å². The van der Waals surface area contributed by atoms with Crippen molar-refractivity contribution in [1.82, 2.24) is 14.6 Å². The van der Waals surface area contributed by atoms with Crippen molar-refractivity contribution in [2.45, 2.75) is 4.90 Å². The molecule has 0 fully saturated rings. The molecule has 2 N–H and O–H groups in total. The number of pyridine rings is 1. The lowest BCUT2D eigenvalue weighted by atomic mass is 10.1. The number of nitro groups is 1. The summed E-state index contributed by atoms with van der Waals surface area (Å²) in [7, 11) is -2.38. The number of carbonyl (C=O) groups excluding carboxylic acids is 1. The Morgan fingerprint density at radius 1 is 1.10 bits per heavy atom. The number of aromatic nitrogens is 1. The van der Waals surface area contributed by atoms with Gasteiger partial charge in [-0.25, -0.2) is 13.1 Å². The van der Waals surface area contributed by atoms with Crippen LogP contribution in [0.15, 0.2) is 64.3 Å². The van der Waals surface area contributed by atoms with Crippen LogP contribution < -0.4 is 15.6 Å². The van der Waals surface area contributed by atoms with Gasteiger partial charge >= 0.3 is 0 Å². The van der Waals surface area contributed by atoms with Gasteiger partial charge < -0.3 is 9.88 Å². The zero-order chi connectivity index (χ0) is 21.9. The monoisotopic (exact) mass is 430 g/mol. The van der Waals surface area contributed by atoms with Crippen molar-refractivity contribution in [2.24, 2.45) is 7.05 Å². The molecule has 1 amide bonds. The van der Waals surface area contributed by atoms with Gasteiger partial charge in [0.05, 0.1) is 20.9 Å². The second-order valence-electron chi connectivity index (χ2n) is 6.38. The molecule has 0 aliphatic heterocycles. The average Bonchev–Trinajstić information content (AvgIpc) is 2.73. The Labute approximate surface area is 171 Å². The highest BCUT2D eigenvalue weighted by molar-refractivity contribution is 7.89. The van der Waals surface area contributed by atoms with Crippen molar-refractivity contribution >= 4 is 32.5 Å². The van der Waals surface area contributed by atoms with Gasteiger partial charge in [0.1, 0.15) is 0 Å². The van der Waals surface area contributed by atoms with Crippen molar-refractivity contribution in [1.29, 1.82) is 0 Å². The molecule has 2 aromatic carbocycles. The first kappa shape index (κ1) is 21.1. The number of benzene rings is 2. The molecular formula is C19H18N4O6S. The molecule has 3 rings (SSSR count). The predicted molar refractivity (Wildman–Crippen MR) is 110 cm³/mol. The topological polar surface area (TPSA) is 140 Å². The summed E-state index contributed by atoms with van der Waals surface area (Å²) in [5.74, 6) is -0.515. The second-order valence-corrected chi connectivity index (χ2v) is 8.15. The molecule has 3 aromatic rings. The fourth-order valence-corrected chi connectivity index (χ4v) is 3.97. The number of nitro benzene ring substituents is 1. The summed E-state index contributed by atoms with van der Waals surface area (Å²) in [6.45, 7) is -0.184. The molecule has 0 atom stereocenters. The molecule has 0 aliphatic carbocycles. The first-order valence-corrected chi connectivity index (χ1v) is 10.3. The van der Waals surface area contributed by atoms with E-state index in [1.54, 1.807) is 31.3 Å². The van der Waals surface area contributed by atoms with Crippen LogP contribution in [0.25, 0.3) is 10.9 Å². The van der Waals surface area contributed by atoms with Crippen molar-refractivity contribution in [3.63, 3.8) is 0 Å². The molecule has 156 valence electrons. The van der Waals surface area contributed by atoms with E-state index < -0.39 is 20.9 Å². The van der Waals surface area contributed by atoms with Gasteiger partial charge in [-0.2, -0.15) is 0 Å². The van der Waals surface area contributed by atoms with Crippen LogP contribution in [0.1, 0.15) is 10.4 Å². The van der Waals surface area contributed by atoms with Crippen LogP contribution in [-0.2, 0) is 17.1 Å². The highest BCUT2D eigenvalue weighted by Crippen LogP contribution is 2.17. The summed E-state index contributed by atoms with van der Waals surface area (Å²) in [5.41, 5.74) is 0.103. The van der Waals surface area contributed by atoms with Crippen LogP contribution in [0, 0.1) is 10.1 Å². The Bertz CT molecular complexity index is 1300. The Balaban J connectivity index is 1.68. The Morgan fingerprint density at radius 2 is 1.83 bits per heavy atom. The number of hydrogen-bond acceptors (Lipinski definition) is 6. The molecule has 0 bridgehead atoms. The van der Waals surface area contributed by atoms with Gasteiger partial charge in [0.15, 0.2) is 0 Å². The summed E-state index contributed by atoms with van der Waals surface area (Å²) >= 11 is 0. The third-order valence-electron chi connectivity index (χ3n) is 4.44. The van der Waals surface area contributed by atoms with Crippen molar-refractivity contribution in [3.8, 4) is 0 Å². The highest BCUT2D eigenvalue weighted by atomic mass is 32.2. The maximum atomic E-state index is 12.5. The lowest BCUT2D eigenvalue weighted by Gasteiger charge is -2.11. The van der Waals surface area contributed by atoms with E-state index in [0.29, 0.717) is 10.9 Å². The van der Waals surface area contributed by atoms with Crippen LogP contribution in [0.2, 0.25) is 0 Å². The zero-order valence-corrected chi connectivity index (χ0v) is 16.7. The van der Waals surface area contributed by atoms with E-state index in [1.807, 2.05) is 0 Å². The molecule has 30 heavy (non-hydrogen) atoms. The summed E-state index contributed by atoms with van der Waals surface area (Å²) < 4.78 is 28.3. The molecule has 0 radical (unpaired) electrons. The van der Waals surface area contributed by atoms with Crippen LogP contribution in [-0.4, -0.2) is 36.9 Å². The van der Waals surface area contributed by atoms with E-state index in [9.17, 15) is 28.1 Å². The number of rotatable bonds is 7. The number of sulfonamides is 1. The summed E-state index contributed by atoms with van der Waals surface area (Å²) in [6.07, 6.45) is 0. The number of non-ortho nitro benzene ring substituents is 1. The molecule has 1 heterocycles. The quantitative estimate of drug-likeness (QED) is 0.327. The predicted octanol–water partition coefficient (Wildman–Crippen LogP) is 1.16. The van der Waals surface area contributed by atoms with Gasteiger partial charge in [0, 0.05) is 43.7 Å². The fourth-order valence-electron chi connectivity index (χ4n) is 2.90. The largest absolute Gasteiger partial charge is 0.351 e. The first-order chi connectivity index (χ1) is 14.2. The normalized spacial score (nSPS) is 11.4. The standard InChI is InChI=1S/C19H18N4O6S/c1-22-17-8-3-2-7-15(17)16(12-18(22)24)19(25)20-9-10-21-30(28,29)14-6-4-5-13(11-14)23(26)27/h2-8,11-12,21H,9-10H2,1H3,(H,20,25). The van der Waals surface area contributed by atoms with Crippen LogP contribution >= 0.6 is 0 Å². The van der Waals surface area contributed by atoms with E-state index in [4.69, 9.17) is 0 Å². The zero-order valence-electron chi connectivity index (χ0n) is 15.9. The van der Waals surface area contributed by atoms with E-state index in [1.165, 1.54) is 28.8 Å². The number of para-hydroxylation sites is 1. The third-order valence-corrected chi connectivity index (χ3v) is 5.90. The number of amides is 1. The minimum atomic E-state index is -3.98. The maximum Gasteiger partial charge on any atom is 0.270 e. The summed E-state index contributed by atoms with van der Waals surface area (Å²) in [6, 6.07) is 12.8. The number of aryl methyl sites for hydroxylation is 1. The van der Waals surface area contributed by atoms with Gasteiger partial charge in [0.25, 0.3) is 17.2 Å². The molecule has 0 spiro atoms. The van der Waals surface area contributed by atoms with Crippen LogP contribution in [0.4, 0.5) is 5.69 Å². The number of nitrogens with zero attached hydrogens (tertiary/aromatic N) is 2. The molecule has 11 heteroatoms. The Hall–Kier alpha value is -3.57. The van der Waals surface area contributed by atoms with E-state index in [2.05, 4.69) is 10.0 Å². The SMILES string of the molecule is Cn1c(=O)cc(C(=O)NCCNS(=O)(=O)c2cccc([N+](=O)[O-])c2)c2ccccc21. The number of fused-ring (bicyclic) bond motifs is 1. The minimum Gasteiger partial charge on any atom is -0.351 e. The van der Waals surface area contributed by atoms with E-state index in [0.717, 1.165) is 6.07 Å². The minimum absolute atomic E-state index is 0.0451. The summed E-state index contributed by atoms with van der Waals surface area (Å²) in [4.78, 5) is 34.5. The lowest BCUT2D eigenvalue weighted by Crippen LogP contribution is -2.35. The number of carbonyl (C=O) groups is 1. The molecule has 1 aromatic heterocycles. The molecule has 10 nitrogen and oxygen atoms in total. The summed E-state index contributed by atoms with van der Waals surface area (Å²) in [5, 5.41) is 14.0. The van der Waals surface area contributed by atoms with Gasteiger partial charge in [-0.05, 0) is 12.1 Å².